The first kappa shape index (κ1) is 46.2. The van der Waals surface area contributed by atoms with E-state index >= 15 is 0 Å². The molecule has 3 N–H and O–H groups in total. The van der Waals surface area contributed by atoms with Gasteiger partial charge in [0.15, 0.2) is 5.25 Å². The van der Waals surface area contributed by atoms with Crippen LogP contribution in [0.5, 0.6) is 0 Å². The van der Waals surface area contributed by atoms with Gasteiger partial charge in [-0.05, 0) is 12.8 Å². The Morgan fingerprint density at radius 1 is 0.571 bits per heavy atom. The Bertz CT molecular complexity index is 669. The molecule has 0 amide bonds. The van der Waals surface area contributed by atoms with Gasteiger partial charge in [-0.3, -0.25) is 14.1 Å². The van der Waals surface area contributed by atoms with Gasteiger partial charge >= 0.3 is 41.5 Å². The zero-order valence-electron chi connectivity index (χ0n) is 28.5. The van der Waals surface area contributed by atoms with Crippen LogP contribution in [0.25, 0.3) is 0 Å². The van der Waals surface area contributed by atoms with Crippen LogP contribution in [0.1, 0.15) is 176 Å². The van der Waals surface area contributed by atoms with E-state index < -0.39 is 33.7 Å². The van der Waals surface area contributed by atoms with Crippen LogP contribution in [0.3, 0.4) is 0 Å². The number of carbonyl (C=O) groups is 2. The third-order valence-corrected chi connectivity index (χ3v) is 8.37. The molecule has 0 heterocycles. The second-order valence-electron chi connectivity index (χ2n) is 11.3. The molecular formula is C32H65NaO8S. The molecule has 42 heavy (non-hydrogen) atoms. The number of ether oxygens (including phenoxy) is 1. The molecule has 0 aliphatic carbocycles. The van der Waals surface area contributed by atoms with E-state index in [2.05, 4.69) is 13.8 Å². The average molecular weight is 633 g/mol. The van der Waals surface area contributed by atoms with Crippen LogP contribution in [-0.4, -0.2) is 53.6 Å². The van der Waals surface area contributed by atoms with E-state index in [1.165, 1.54) is 154 Å². The third-order valence-electron chi connectivity index (χ3n) is 7.28. The van der Waals surface area contributed by atoms with Crippen molar-refractivity contribution in [1.29, 1.82) is 0 Å². The van der Waals surface area contributed by atoms with Crippen molar-refractivity contribution in [2.45, 2.75) is 180 Å². The first-order valence-corrected chi connectivity index (χ1v) is 18.2. The summed E-state index contributed by atoms with van der Waals surface area (Å²) in [4.78, 5) is 20.0. The molecule has 0 aromatic rings. The van der Waals surface area contributed by atoms with Crippen LogP contribution < -0.4 is 29.6 Å². The number of aliphatic carboxylic acids is 2. The van der Waals surface area contributed by atoms with E-state index in [9.17, 15) is 18.0 Å². The summed E-state index contributed by atoms with van der Waals surface area (Å²) in [6.45, 7) is 6.58. The monoisotopic (exact) mass is 632 g/mol. The maximum atomic E-state index is 10.2. The predicted molar refractivity (Wildman–Crippen MR) is 169 cm³/mol. The van der Waals surface area contributed by atoms with Crippen LogP contribution >= 0.6 is 0 Å². The summed E-state index contributed by atoms with van der Waals surface area (Å²) >= 11 is 0. The van der Waals surface area contributed by atoms with Gasteiger partial charge in [0, 0.05) is 13.2 Å². The van der Waals surface area contributed by atoms with Crippen LogP contribution in [-0.2, 0) is 24.4 Å². The second-order valence-corrected chi connectivity index (χ2v) is 12.9. The van der Waals surface area contributed by atoms with Crippen molar-refractivity contribution < 1.29 is 68.5 Å². The van der Waals surface area contributed by atoms with Gasteiger partial charge in [0.1, 0.15) is 0 Å². The topological polar surface area (TPSA) is 138 Å². The Balaban J connectivity index is -0.000000459. The third kappa shape index (κ3) is 37.8. The average Bonchev–Trinajstić information content (AvgIpc) is 2.91. The van der Waals surface area contributed by atoms with Gasteiger partial charge in [-0.25, -0.2) is 0 Å². The van der Waals surface area contributed by atoms with E-state index in [-0.39, 0.29) is 31.0 Å². The number of hydrogen-bond donors (Lipinski definition) is 3. The normalized spacial score (nSPS) is 11.8. The molecule has 1 unspecified atom stereocenters. The predicted octanol–water partition coefficient (Wildman–Crippen LogP) is 6.32. The molecule has 8 nitrogen and oxygen atoms in total. The summed E-state index contributed by atoms with van der Waals surface area (Å²) in [7, 11) is -4.84. The molecule has 10 heteroatoms. The van der Waals surface area contributed by atoms with E-state index in [0.29, 0.717) is 0 Å². The Labute approximate surface area is 282 Å². The van der Waals surface area contributed by atoms with Crippen LogP contribution in [0, 0.1) is 0 Å². The largest absolute Gasteiger partial charge is 1.00 e. The van der Waals surface area contributed by atoms with Gasteiger partial charge in [-0.15, -0.1) is 0 Å². The van der Waals surface area contributed by atoms with Gasteiger partial charge < -0.3 is 16.4 Å². The summed E-state index contributed by atoms with van der Waals surface area (Å²) in [6.07, 6.45) is 32.9. The quantitative estimate of drug-likeness (QED) is 0.0475. The van der Waals surface area contributed by atoms with Crippen LogP contribution in [0.15, 0.2) is 0 Å². The summed E-state index contributed by atoms with van der Waals surface area (Å²) in [5, 5.41) is 13.9. The molecule has 0 bridgehead atoms. The fraction of sp³-hybridized carbons (Fsp3) is 0.938. The van der Waals surface area contributed by atoms with Gasteiger partial charge in [0.2, 0.25) is 0 Å². The molecule has 0 saturated heterocycles. The molecule has 0 rings (SSSR count). The molecule has 0 aromatic carbocycles. The van der Waals surface area contributed by atoms with Crippen molar-refractivity contribution in [3.8, 4) is 0 Å². The Kier molecular flexibility index (Phi) is 38.8. The zero-order chi connectivity index (χ0) is 31.0. The van der Waals surface area contributed by atoms with Crippen molar-refractivity contribution in [2.75, 3.05) is 13.2 Å². The van der Waals surface area contributed by atoms with Crippen LogP contribution in [0.4, 0.5) is 0 Å². The van der Waals surface area contributed by atoms with Crippen molar-refractivity contribution in [1.82, 2.24) is 0 Å². The number of hydrogen-bond acceptors (Lipinski definition) is 5. The molecule has 0 radical (unpaired) electrons. The van der Waals surface area contributed by atoms with Gasteiger partial charge in [0.05, 0.1) is 6.42 Å². The smallest absolute Gasteiger partial charge is 1.00 e. The van der Waals surface area contributed by atoms with Gasteiger partial charge in [0.25, 0.3) is 10.1 Å². The molecular weight excluding hydrogens is 567 g/mol. The fourth-order valence-corrected chi connectivity index (χ4v) is 5.28. The van der Waals surface area contributed by atoms with E-state index in [4.69, 9.17) is 19.5 Å². The van der Waals surface area contributed by atoms with E-state index in [1.54, 1.807) is 0 Å². The Morgan fingerprint density at radius 2 is 0.833 bits per heavy atom. The van der Waals surface area contributed by atoms with Crippen molar-refractivity contribution in [2.24, 2.45) is 0 Å². The van der Waals surface area contributed by atoms with Crippen molar-refractivity contribution >= 4 is 22.1 Å². The molecule has 0 aromatic heterocycles. The number of unbranched alkanes of at least 4 members (excludes halogenated alkanes) is 22. The van der Waals surface area contributed by atoms with E-state index in [1.807, 2.05) is 0 Å². The first-order valence-electron chi connectivity index (χ1n) is 16.6. The minimum absolute atomic E-state index is 0. The fourth-order valence-electron chi connectivity index (χ4n) is 4.67. The summed E-state index contributed by atoms with van der Waals surface area (Å²) in [5.41, 5.74) is 0. The van der Waals surface area contributed by atoms with Crippen molar-refractivity contribution in [3.05, 3.63) is 0 Å². The minimum Gasteiger partial charge on any atom is -1.00 e. The number of rotatable bonds is 30. The minimum atomic E-state index is -4.84. The van der Waals surface area contributed by atoms with Gasteiger partial charge in [-0.2, -0.15) is 8.42 Å². The molecule has 248 valence electrons. The SMILES string of the molecule is CCCCCCCCCCCCCCOCCCCCCCCCCCCCC.O=C(O)CC(C(=O)O)S(=O)(=O)O.[H-].[Na+]. The standard InChI is InChI=1S/C28H58O.C4H6O7S.Na.H/c1-3-5-7-9-11-13-15-17-19-21-23-25-27-29-28-26-24-22-20-18-16-14-12-10-8-6-4-2;5-3(6)1-2(4(7)8)12(9,10)11;;/h3-28H2,1-2H3;2H,1H2,(H,5,6)(H,7,8)(H,9,10,11);;/q;;+1;-1. The Morgan fingerprint density at radius 3 is 1.02 bits per heavy atom. The summed E-state index contributed by atoms with van der Waals surface area (Å²) in [5.74, 6) is -3.50. The summed E-state index contributed by atoms with van der Waals surface area (Å²) < 4.78 is 34.5. The molecule has 0 fully saturated rings. The summed E-state index contributed by atoms with van der Waals surface area (Å²) in [6, 6.07) is 0. The van der Waals surface area contributed by atoms with E-state index in [0.717, 1.165) is 13.2 Å². The van der Waals surface area contributed by atoms with Crippen LogP contribution in [0.2, 0.25) is 0 Å². The first-order chi connectivity index (χ1) is 19.7. The molecule has 0 aliphatic rings. The number of carboxylic acids is 2. The van der Waals surface area contributed by atoms with Crippen molar-refractivity contribution in [3.63, 3.8) is 0 Å². The number of carboxylic acid groups (broad SMARTS) is 2. The maximum Gasteiger partial charge on any atom is 1.00 e. The van der Waals surface area contributed by atoms with Gasteiger partial charge in [-0.1, -0.05) is 155 Å². The molecule has 1 atom stereocenters. The molecule has 0 aliphatic heterocycles. The zero-order valence-corrected chi connectivity index (χ0v) is 30.3. The second kappa shape index (κ2) is 35.3. The maximum absolute atomic E-state index is 10.2. The molecule has 0 saturated carbocycles. The molecule has 0 spiro atoms. The Hall–Kier alpha value is -0.190.